The predicted octanol–water partition coefficient (Wildman–Crippen LogP) is 3.10. The molecule has 1 heterocycles. The van der Waals surface area contributed by atoms with Gasteiger partial charge in [-0.15, -0.1) is 5.10 Å². The zero-order valence-corrected chi connectivity index (χ0v) is 11.4. The molecule has 3 nitrogen and oxygen atoms in total. The molecule has 2 aromatic rings. The van der Waals surface area contributed by atoms with Crippen LogP contribution in [0.1, 0.15) is 30.6 Å². The zero-order valence-electron chi connectivity index (χ0n) is 10.6. The van der Waals surface area contributed by atoms with E-state index in [1.807, 2.05) is 12.3 Å². The summed E-state index contributed by atoms with van der Waals surface area (Å²) in [6.07, 6.45) is 1.31. The van der Waals surface area contributed by atoms with Crippen LogP contribution < -0.4 is 5.32 Å². The minimum absolute atomic E-state index is 0.144. The average Bonchev–Trinajstić information content (AvgIpc) is 2.93. The Hall–Kier alpha value is -1.40. The molecule has 0 saturated heterocycles. The Morgan fingerprint density at radius 3 is 2.89 bits per heavy atom. The fourth-order valence-electron chi connectivity index (χ4n) is 1.85. The minimum Gasteiger partial charge on any atom is -0.308 e. The van der Waals surface area contributed by atoms with E-state index in [0.29, 0.717) is 12.0 Å². The molecule has 0 fully saturated rings. The number of hydrogen-bond acceptors (Lipinski definition) is 4. The second-order valence-electron chi connectivity index (χ2n) is 4.25. The van der Waals surface area contributed by atoms with Gasteiger partial charge in [0.1, 0.15) is 0 Å². The van der Waals surface area contributed by atoms with Gasteiger partial charge in [0.25, 0.3) is 0 Å². The monoisotopic (exact) mass is 283 g/mol. The zero-order chi connectivity index (χ0) is 13.7. The number of aromatic nitrogens is 2. The van der Waals surface area contributed by atoms with Crippen LogP contribution in [-0.4, -0.2) is 16.1 Å². The molecule has 1 N–H and O–H groups in total. The lowest BCUT2D eigenvalue weighted by Gasteiger charge is -2.16. The predicted molar refractivity (Wildman–Crippen MR) is 71.0 cm³/mol. The highest BCUT2D eigenvalue weighted by atomic mass is 32.1. The number of hydrogen-bond donors (Lipinski definition) is 1. The number of nitrogens with zero attached hydrogens (tertiary/aromatic N) is 2. The number of rotatable bonds is 6. The molecular weight excluding hydrogens is 268 g/mol. The van der Waals surface area contributed by atoms with E-state index in [0.717, 1.165) is 24.7 Å². The van der Waals surface area contributed by atoms with E-state index in [9.17, 15) is 8.78 Å². The summed E-state index contributed by atoms with van der Waals surface area (Å²) in [4.78, 5) is 0. The van der Waals surface area contributed by atoms with Crippen molar-refractivity contribution in [1.29, 1.82) is 0 Å². The van der Waals surface area contributed by atoms with Crippen LogP contribution >= 0.6 is 11.5 Å². The molecule has 1 unspecified atom stereocenters. The Kier molecular flexibility index (Phi) is 4.93. The first kappa shape index (κ1) is 14.0. The Labute approximate surface area is 114 Å². The molecule has 0 spiro atoms. The third kappa shape index (κ3) is 3.54. The van der Waals surface area contributed by atoms with Crippen molar-refractivity contribution in [1.82, 2.24) is 14.9 Å². The number of benzene rings is 1. The van der Waals surface area contributed by atoms with Gasteiger partial charge in [-0.05, 0) is 42.5 Å². The van der Waals surface area contributed by atoms with Gasteiger partial charge in [-0.2, -0.15) is 0 Å². The topological polar surface area (TPSA) is 37.8 Å². The van der Waals surface area contributed by atoms with Crippen molar-refractivity contribution in [3.63, 3.8) is 0 Å². The highest BCUT2D eigenvalue weighted by Gasteiger charge is 2.17. The van der Waals surface area contributed by atoms with Crippen LogP contribution in [0, 0.1) is 11.6 Å². The number of nitrogens with one attached hydrogen (secondary N) is 1. The first-order valence-corrected chi connectivity index (χ1v) is 6.99. The number of halogens is 2. The van der Waals surface area contributed by atoms with Crippen LogP contribution in [0.2, 0.25) is 0 Å². The first-order chi connectivity index (χ1) is 9.22. The van der Waals surface area contributed by atoms with Crippen molar-refractivity contribution >= 4 is 11.5 Å². The normalized spacial score (nSPS) is 12.6. The molecule has 0 radical (unpaired) electrons. The van der Waals surface area contributed by atoms with Crippen molar-refractivity contribution in [2.75, 3.05) is 6.54 Å². The summed E-state index contributed by atoms with van der Waals surface area (Å²) < 4.78 is 30.7. The van der Waals surface area contributed by atoms with Gasteiger partial charge in [0.15, 0.2) is 11.6 Å². The van der Waals surface area contributed by atoms with E-state index in [4.69, 9.17) is 0 Å². The van der Waals surface area contributed by atoms with Crippen LogP contribution in [0.3, 0.4) is 0 Å². The van der Waals surface area contributed by atoms with E-state index in [1.165, 1.54) is 17.6 Å². The van der Waals surface area contributed by atoms with E-state index in [1.54, 1.807) is 6.07 Å². The Morgan fingerprint density at radius 1 is 1.37 bits per heavy atom. The molecule has 0 aliphatic rings. The standard InChI is InChI=1S/C13H15F2N3S/c1-2-6-16-11(12-8-19-18-17-12)7-9-4-3-5-10(14)13(9)15/h3-5,8,11,16H,2,6-7H2,1H3. The summed E-state index contributed by atoms with van der Waals surface area (Å²) in [6.45, 7) is 2.84. The van der Waals surface area contributed by atoms with E-state index >= 15 is 0 Å². The van der Waals surface area contributed by atoms with Crippen molar-refractivity contribution in [2.45, 2.75) is 25.8 Å². The van der Waals surface area contributed by atoms with E-state index < -0.39 is 11.6 Å². The molecule has 0 saturated carbocycles. The summed E-state index contributed by atoms with van der Waals surface area (Å²) >= 11 is 1.25. The second kappa shape index (κ2) is 6.68. The van der Waals surface area contributed by atoms with Gasteiger partial charge < -0.3 is 5.32 Å². The fourth-order valence-corrected chi connectivity index (χ4v) is 2.36. The maximum atomic E-state index is 13.7. The quantitative estimate of drug-likeness (QED) is 0.885. The van der Waals surface area contributed by atoms with Crippen molar-refractivity contribution in [2.24, 2.45) is 0 Å². The van der Waals surface area contributed by atoms with Gasteiger partial charge in [-0.3, -0.25) is 0 Å². The third-order valence-corrected chi connectivity index (χ3v) is 3.35. The molecule has 19 heavy (non-hydrogen) atoms. The Morgan fingerprint density at radius 2 is 2.21 bits per heavy atom. The van der Waals surface area contributed by atoms with Gasteiger partial charge in [-0.25, -0.2) is 8.78 Å². The maximum absolute atomic E-state index is 13.7. The average molecular weight is 283 g/mol. The third-order valence-electron chi connectivity index (χ3n) is 2.83. The lowest BCUT2D eigenvalue weighted by molar-refractivity contribution is 0.473. The van der Waals surface area contributed by atoms with Gasteiger partial charge in [-0.1, -0.05) is 23.5 Å². The molecule has 1 aromatic heterocycles. The Balaban J connectivity index is 2.18. The highest BCUT2D eigenvalue weighted by Crippen LogP contribution is 2.20. The van der Waals surface area contributed by atoms with Crippen molar-refractivity contribution in [3.8, 4) is 0 Å². The van der Waals surface area contributed by atoms with Gasteiger partial charge >= 0.3 is 0 Å². The van der Waals surface area contributed by atoms with Crippen LogP contribution in [0.25, 0.3) is 0 Å². The van der Waals surface area contributed by atoms with Crippen LogP contribution in [-0.2, 0) is 6.42 Å². The lowest BCUT2D eigenvalue weighted by atomic mass is 10.0. The molecule has 1 aromatic carbocycles. The molecule has 0 aliphatic heterocycles. The molecular formula is C13H15F2N3S. The van der Waals surface area contributed by atoms with Gasteiger partial charge in [0.05, 0.1) is 11.7 Å². The van der Waals surface area contributed by atoms with Crippen LogP contribution in [0.15, 0.2) is 23.6 Å². The first-order valence-electron chi connectivity index (χ1n) is 6.15. The summed E-state index contributed by atoms with van der Waals surface area (Å²) in [5, 5.41) is 9.11. The smallest absolute Gasteiger partial charge is 0.162 e. The maximum Gasteiger partial charge on any atom is 0.162 e. The fraction of sp³-hybridized carbons (Fsp3) is 0.385. The minimum atomic E-state index is -0.817. The van der Waals surface area contributed by atoms with E-state index in [-0.39, 0.29) is 6.04 Å². The van der Waals surface area contributed by atoms with Gasteiger partial charge in [0.2, 0.25) is 0 Å². The summed E-state index contributed by atoms with van der Waals surface area (Å²) in [5.74, 6) is -1.60. The summed E-state index contributed by atoms with van der Waals surface area (Å²) in [5.41, 5.74) is 1.11. The molecule has 0 aliphatic carbocycles. The molecule has 1 atom stereocenters. The second-order valence-corrected chi connectivity index (χ2v) is 4.86. The molecule has 0 bridgehead atoms. The lowest BCUT2D eigenvalue weighted by Crippen LogP contribution is -2.25. The molecule has 2 rings (SSSR count). The SMILES string of the molecule is CCCNC(Cc1cccc(F)c1F)c1csnn1. The highest BCUT2D eigenvalue weighted by molar-refractivity contribution is 7.03. The molecule has 102 valence electrons. The van der Waals surface area contributed by atoms with E-state index in [2.05, 4.69) is 14.9 Å². The summed E-state index contributed by atoms with van der Waals surface area (Å²) in [7, 11) is 0. The van der Waals surface area contributed by atoms with Gasteiger partial charge in [0, 0.05) is 5.38 Å². The Bertz CT molecular complexity index is 517. The van der Waals surface area contributed by atoms with Crippen molar-refractivity contribution < 1.29 is 8.78 Å². The largest absolute Gasteiger partial charge is 0.308 e. The van der Waals surface area contributed by atoms with Crippen molar-refractivity contribution in [3.05, 3.63) is 46.5 Å². The van der Waals surface area contributed by atoms with Crippen LogP contribution in [0.5, 0.6) is 0 Å². The summed E-state index contributed by atoms with van der Waals surface area (Å²) in [6, 6.07) is 4.09. The molecule has 0 amide bonds. The van der Waals surface area contributed by atoms with Crippen LogP contribution in [0.4, 0.5) is 8.78 Å². The molecule has 6 heteroatoms.